The minimum atomic E-state index is 0.863. The van der Waals surface area contributed by atoms with Crippen LogP contribution in [0.15, 0.2) is 97.1 Å². The zero-order valence-corrected chi connectivity index (χ0v) is 16.3. The largest absolute Gasteiger partial charge is 0.355 e. The molecule has 0 fully saturated rings. The highest BCUT2D eigenvalue weighted by molar-refractivity contribution is 6.10. The lowest BCUT2D eigenvalue weighted by atomic mass is 10.1. The Morgan fingerprint density at radius 2 is 1.28 bits per heavy atom. The molecule has 4 aromatic carbocycles. The molecule has 0 saturated heterocycles. The van der Waals surface area contributed by atoms with Crippen LogP contribution >= 0.6 is 0 Å². The number of fused-ring (bicyclic) bond motifs is 4. The number of benzene rings is 4. The average molecular weight is 375 g/mol. The second-order valence-electron chi connectivity index (χ2n) is 7.65. The molecule has 29 heavy (non-hydrogen) atoms. The van der Waals surface area contributed by atoms with Gasteiger partial charge in [-0.05, 0) is 48.5 Å². The second kappa shape index (κ2) is 6.14. The van der Waals surface area contributed by atoms with Gasteiger partial charge in [0, 0.05) is 29.2 Å². The number of hydrogen-bond donors (Lipinski definition) is 0. The van der Waals surface area contributed by atoms with Gasteiger partial charge in [-0.2, -0.15) is 0 Å². The molecule has 0 aliphatic carbocycles. The summed E-state index contributed by atoms with van der Waals surface area (Å²) in [5.41, 5.74) is 7.44. The monoisotopic (exact) mass is 375 g/mol. The van der Waals surface area contributed by atoms with Gasteiger partial charge in [-0.25, -0.2) is 0 Å². The molecular formula is C26H21N3. The number of nitrogens with zero attached hydrogens (tertiary/aromatic N) is 3. The van der Waals surface area contributed by atoms with Crippen LogP contribution in [0.1, 0.15) is 0 Å². The number of aromatic nitrogens is 1. The molecule has 3 nitrogen and oxygen atoms in total. The fraction of sp³-hybridized carbons (Fsp3) is 0.0769. The summed E-state index contributed by atoms with van der Waals surface area (Å²) in [5, 5.41) is 2.57. The first-order valence-electron chi connectivity index (χ1n) is 9.97. The number of rotatable bonds is 2. The predicted molar refractivity (Wildman–Crippen MR) is 123 cm³/mol. The van der Waals surface area contributed by atoms with E-state index in [-0.39, 0.29) is 0 Å². The quantitative estimate of drug-likeness (QED) is 0.357. The van der Waals surface area contributed by atoms with Gasteiger partial charge < -0.3 is 14.4 Å². The maximum absolute atomic E-state index is 2.39. The summed E-state index contributed by atoms with van der Waals surface area (Å²) in [4.78, 5) is 4.69. The molecule has 0 bridgehead atoms. The molecule has 6 rings (SSSR count). The van der Waals surface area contributed by atoms with Crippen molar-refractivity contribution in [2.75, 3.05) is 23.5 Å². The third-order valence-electron chi connectivity index (χ3n) is 5.92. The smallest absolute Gasteiger partial charge is 0.0950 e. The van der Waals surface area contributed by atoms with Gasteiger partial charge in [0.25, 0.3) is 0 Å². The molecule has 0 atom stereocenters. The van der Waals surface area contributed by atoms with E-state index in [1.165, 1.54) is 44.6 Å². The number of hydrogen-bond acceptors (Lipinski definition) is 2. The summed E-state index contributed by atoms with van der Waals surface area (Å²) in [6.07, 6.45) is 0. The Morgan fingerprint density at radius 3 is 2.14 bits per heavy atom. The summed E-state index contributed by atoms with van der Waals surface area (Å²) in [7, 11) is 2.15. The zero-order valence-electron chi connectivity index (χ0n) is 16.3. The lowest BCUT2D eigenvalue weighted by Crippen LogP contribution is -2.23. The number of para-hydroxylation sites is 4. The van der Waals surface area contributed by atoms with E-state index in [1.54, 1.807) is 0 Å². The Hall–Kier alpha value is -3.72. The Balaban J connectivity index is 1.60. The summed E-state index contributed by atoms with van der Waals surface area (Å²) in [6, 6.07) is 34.8. The summed E-state index contributed by atoms with van der Waals surface area (Å²) >= 11 is 0. The van der Waals surface area contributed by atoms with E-state index in [0.29, 0.717) is 0 Å². The van der Waals surface area contributed by atoms with Gasteiger partial charge in [0.15, 0.2) is 0 Å². The van der Waals surface area contributed by atoms with Gasteiger partial charge in [-0.3, -0.25) is 0 Å². The Labute approximate surface area is 170 Å². The van der Waals surface area contributed by atoms with Crippen molar-refractivity contribution in [3.8, 4) is 5.69 Å². The van der Waals surface area contributed by atoms with Crippen LogP contribution in [0.5, 0.6) is 0 Å². The van der Waals surface area contributed by atoms with Crippen molar-refractivity contribution in [2.24, 2.45) is 0 Å². The predicted octanol–water partition coefficient (Wildman–Crippen LogP) is 6.33. The molecule has 1 aromatic heterocycles. The topological polar surface area (TPSA) is 11.4 Å². The summed E-state index contributed by atoms with van der Waals surface area (Å²) < 4.78 is 2.36. The minimum absolute atomic E-state index is 0.863. The SMILES string of the molecule is CN1CN(c2ccc3c(c2)c2ccccc2n3-c2ccccc2)c2ccccc21. The standard InChI is InChI=1S/C26H21N3/c1-27-18-28(26-14-8-7-13-25(26)27)20-15-16-24-22(17-20)21-11-5-6-12-23(21)29(24)19-9-3-2-4-10-19/h2-17H,18H2,1H3. The molecule has 0 N–H and O–H groups in total. The van der Waals surface area contributed by atoms with Crippen molar-refractivity contribution >= 4 is 38.9 Å². The number of anilines is 3. The lowest BCUT2D eigenvalue weighted by molar-refractivity contribution is 0.950. The summed E-state index contributed by atoms with van der Waals surface area (Å²) in [6.45, 7) is 0.863. The van der Waals surface area contributed by atoms with Gasteiger partial charge in [-0.1, -0.05) is 48.5 Å². The van der Waals surface area contributed by atoms with E-state index in [9.17, 15) is 0 Å². The minimum Gasteiger partial charge on any atom is -0.355 e. The van der Waals surface area contributed by atoms with Crippen LogP contribution in [0, 0.1) is 0 Å². The van der Waals surface area contributed by atoms with Crippen molar-refractivity contribution in [1.82, 2.24) is 4.57 Å². The zero-order chi connectivity index (χ0) is 19.4. The molecule has 0 unspecified atom stereocenters. The third kappa shape index (κ3) is 2.37. The van der Waals surface area contributed by atoms with Gasteiger partial charge >= 0.3 is 0 Å². The van der Waals surface area contributed by atoms with Crippen molar-refractivity contribution in [3.63, 3.8) is 0 Å². The van der Waals surface area contributed by atoms with Crippen LogP contribution in [-0.2, 0) is 0 Å². The van der Waals surface area contributed by atoms with Crippen LogP contribution in [0.25, 0.3) is 27.5 Å². The fourth-order valence-electron chi connectivity index (χ4n) is 4.58. The molecule has 3 heteroatoms. The van der Waals surface area contributed by atoms with E-state index in [4.69, 9.17) is 0 Å². The van der Waals surface area contributed by atoms with Crippen LogP contribution in [0.4, 0.5) is 17.1 Å². The third-order valence-corrected chi connectivity index (χ3v) is 5.92. The lowest BCUT2D eigenvalue weighted by Gasteiger charge is -2.20. The van der Waals surface area contributed by atoms with Crippen molar-refractivity contribution in [3.05, 3.63) is 97.1 Å². The van der Waals surface area contributed by atoms with Crippen molar-refractivity contribution in [1.29, 1.82) is 0 Å². The molecule has 2 heterocycles. The maximum atomic E-state index is 2.39. The van der Waals surface area contributed by atoms with Crippen molar-refractivity contribution < 1.29 is 0 Å². The van der Waals surface area contributed by atoms with E-state index in [2.05, 4.69) is 118 Å². The first-order valence-corrected chi connectivity index (χ1v) is 9.97. The normalized spacial score (nSPS) is 13.4. The van der Waals surface area contributed by atoms with Gasteiger partial charge in [0.05, 0.1) is 29.1 Å². The molecule has 5 aromatic rings. The Bertz CT molecular complexity index is 1350. The molecule has 0 saturated carbocycles. The molecule has 140 valence electrons. The molecule has 0 radical (unpaired) electrons. The second-order valence-corrected chi connectivity index (χ2v) is 7.65. The highest BCUT2D eigenvalue weighted by atomic mass is 15.4. The van der Waals surface area contributed by atoms with Crippen LogP contribution < -0.4 is 9.80 Å². The van der Waals surface area contributed by atoms with Crippen LogP contribution in [0.2, 0.25) is 0 Å². The van der Waals surface area contributed by atoms with E-state index >= 15 is 0 Å². The van der Waals surface area contributed by atoms with Crippen molar-refractivity contribution in [2.45, 2.75) is 0 Å². The molecule has 1 aliphatic heterocycles. The van der Waals surface area contributed by atoms with E-state index in [1.807, 2.05) is 0 Å². The molecule has 1 aliphatic rings. The van der Waals surface area contributed by atoms with E-state index in [0.717, 1.165) is 6.67 Å². The van der Waals surface area contributed by atoms with Crippen LogP contribution in [-0.4, -0.2) is 18.3 Å². The average Bonchev–Trinajstić information content (AvgIpc) is 3.29. The first kappa shape index (κ1) is 16.3. The van der Waals surface area contributed by atoms with E-state index < -0.39 is 0 Å². The van der Waals surface area contributed by atoms with Gasteiger partial charge in [0.1, 0.15) is 0 Å². The summed E-state index contributed by atoms with van der Waals surface area (Å²) in [5.74, 6) is 0. The molecular weight excluding hydrogens is 354 g/mol. The fourth-order valence-corrected chi connectivity index (χ4v) is 4.58. The highest BCUT2D eigenvalue weighted by Gasteiger charge is 2.24. The Kier molecular flexibility index (Phi) is 3.44. The molecule has 0 spiro atoms. The highest BCUT2D eigenvalue weighted by Crippen LogP contribution is 2.41. The maximum Gasteiger partial charge on any atom is 0.0950 e. The Morgan fingerprint density at radius 1 is 0.586 bits per heavy atom. The van der Waals surface area contributed by atoms with Crippen LogP contribution in [0.3, 0.4) is 0 Å². The molecule has 0 amide bonds. The van der Waals surface area contributed by atoms with Gasteiger partial charge in [-0.15, -0.1) is 0 Å². The first-order chi connectivity index (χ1) is 14.3. The van der Waals surface area contributed by atoms with Gasteiger partial charge in [0.2, 0.25) is 0 Å².